The molecule has 2 fully saturated rings. The molecule has 2 saturated heterocycles. The van der Waals surface area contributed by atoms with Crippen molar-refractivity contribution in [2.24, 2.45) is 0 Å². The Labute approximate surface area is 141 Å². The van der Waals surface area contributed by atoms with Crippen LogP contribution >= 0.6 is 0 Å². The van der Waals surface area contributed by atoms with Crippen molar-refractivity contribution in [1.29, 1.82) is 0 Å². The van der Waals surface area contributed by atoms with E-state index in [-0.39, 0.29) is 11.7 Å². The van der Waals surface area contributed by atoms with E-state index in [4.69, 9.17) is 9.47 Å². The maximum atomic E-state index is 6.44. The molecule has 4 rings (SSSR count). The number of nitrogens with zero attached hydrogens (tertiary/aromatic N) is 5. The molecule has 2 aromatic heterocycles. The zero-order valence-corrected chi connectivity index (χ0v) is 13.8. The smallest absolute Gasteiger partial charge is 0.137 e. The van der Waals surface area contributed by atoms with Crippen LogP contribution in [0.25, 0.3) is 0 Å². The Morgan fingerprint density at radius 2 is 2.33 bits per heavy atom. The third-order valence-electron chi connectivity index (χ3n) is 4.75. The van der Waals surface area contributed by atoms with Gasteiger partial charge in [0, 0.05) is 32.0 Å². The lowest BCUT2D eigenvalue weighted by Gasteiger charge is -2.32. The molecule has 0 N–H and O–H groups in total. The molecular formula is C17H23N5O2. The van der Waals surface area contributed by atoms with Crippen molar-refractivity contribution >= 4 is 0 Å². The van der Waals surface area contributed by atoms with Gasteiger partial charge in [-0.1, -0.05) is 6.07 Å². The normalized spacial score (nSPS) is 28.2. The van der Waals surface area contributed by atoms with Gasteiger partial charge in [0.05, 0.1) is 25.9 Å². The van der Waals surface area contributed by atoms with E-state index in [1.807, 2.05) is 23.1 Å². The molecule has 2 atom stereocenters. The third-order valence-corrected chi connectivity index (χ3v) is 4.75. The highest BCUT2D eigenvalue weighted by Crippen LogP contribution is 2.34. The molecule has 0 unspecified atom stereocenters. The van der Waals surface area contributed by atoms with Gasteiger partial charge >= 0.3 is 0 Å². The predicted octanol–water partition coefficient (Wildman–Crippen LogP) is 1.12. The summed E-state index contributed by atoms with van der Waals surface area (Å²) in [5, 5.41) is 4.18. The van der Waals surface area contributed by atoms with Crippen molar-refractivity contribution in [3.05, 3.63) is 42.7 Å². The summed E-state index contributed by atoms with van der Waals surface area (Å²) in [5.41, 5.74) is 1.02. The first-order valence-corrected chi connectivity index (χ1v) is 8.51. The van der Waals surface area contributed by atoms with Gasteiger partial charge in [-0.25, -0.2) is 4.98 Å². The molecule has 2 aliphatic heterocycles. The van der Waals surface area contributed by atoms with Crippen LogP contribution in [0.1, 0.15) is 18.4 Å². The van der Waals surface area contributed by atoms with Crippen LogP contribution in [0.2, 0.25) is 0 Å². The molecule has 24 heavy (non-hydrogen) atoms. The molecule has 0 amide bonds. The van der Waals surface area contributed by atoms with Gasteiger partial charge < -0.3 is 9.47 Å². The Morgan fingerprint density at radius 3 is 3.17 bits per heavy atom. The fourth-order valence-electron chi connectivity index (χ4n) is 3.65. The summed E-state index contributed by atoms with van der Waals surface area (Å²) in [6.07, 6.45) is 9.28. The molecule has 7 nitrogen and oxygen atoms in total. The highest BCUT2D eigenvalue weighted by Gasteiger charge is 2.43. The Hall–Kier alpha value is -1.83. The molecule has 2 aliphatic rings. The average Bonchev–Trinajstić information content (AvgIpc) is 3.19. The first-order valence-electron chi connectivity index (χ1n) is 8.51. The molecule has 0 bridgehead atoms. The summed E-state index contributed by atoms with van der Waals surface area (Å²) in [6.45, 7) is 4.88. The van der Waals surface area contributed by atoms with Crippen LogP contribution in [0.5, 0.6) is 0 Å². The minimum atomic E-state index is -0.204. The lowest BCUT2D eigenvalue weighted by Crippen LogP contribution is -2.44. The van der Waals surface area contributed by atoms with Crippen LogP contribution in [0.4, 0.5) is 0 Å². The molecule has 0 aromatic carbocycles. The van der Waals surface area contributed by atoms with Crippen molar-refractivity contribution in [2.45, 2.75) is 37.6 Å². The summed E-state index contributed by atoms with van der Waals surface area (Å²) < 4.78 is 14.1. The fraction of sp³-hybridized carbons (Fsp3) is 0.588. The van der Waals surface area contributed by atoms with Gasteiger partial charge in [0.15, 0.2) is 0 Å². The lowest BCUT2D eigenvalue weighted by molar-refractivity contribution is -0.0905. The van der Waals surface area contributed by atoms with Crippen molar-refractivity contribution in [3.8, 4) is 0 Å². The van der Waals surface area contributed by atoms with E-state index in [2.05, 4.69) is 26.0 Å². The third kappa shape index (κ3) is 3.63. The van der Waals surface area contributed by atoms with Gasteiger partial charge in [0.2, 0.25) is 0 Å². The molecule has 2 aromatic rings. The summed E-state index contributed by atoms with van der Waals surface area (Å²) in [6, 6.07) is 4.11. The zero-order chi connectivity index (χ0) is 16.2. The van der Waals surface area contributed by atoms with Crippen molar-refractivity contribution in [2.75, 3.05) is 26.3 Å². The van der Waals surface area contributed by atoms with Crippen molar-refractivity contribution in [1.82, 2.24) is 24.6 Å². The maximum absolute atomic E-state index is 6.44. The molecule has 7 heteroatoms. The van der Waals surface area contributed by atoms with Gasteiger partial charge in [0.1, 0.15) is 18.3 Å². The quantitative estimate of drug-likeness (QED) is 0.838. The molecule has 0 aliphatic carbocycles. The number of ether oxygens (including phenoxy) is 2. The van der Waals surface area contributed by atoms with Crippen molar-refractivity contribution in [3.63, 3.8) is 0 Å². The van der Waals surface area contributed by atoms with E-state index in [9.17, 15) is 0 Å². The highest BCUT2D eigenvalue weighted by atomic mass is 16.6. The van der Waals surface area contributed by atoms with Crippen LogP contribution in [0.3, 0.4) is 0 Å². The maximum Gasteiger partial charge on any atom is 0.137 e. The summed E-state index contributed by atoms with van der Waals surface area (Å²) in [5.74, 6) is 0. The molecule has 1 spiro atoms. The number of pyridine rings is 1. The number of hydrogen-bond donors (Lipinski definition) is 0. The minimum Gasteiger partial charge on any atom is -0.377 e. The van der Waals surface area contributed by atoms with Gasteiger partial charge in [-0.15, -0.1) is 0 Å². The van der Waals surface area contributed by atoms with Gasteiger partial charge in [-0.05, 0) is 24.5 Å². The Balaban J connectivity index is 1.40. The van der Waals surface area contributed by atoms with Crippen molar-refractivity contribution < 1.29 is 9.47 Å². The average molecular weight is 329 g/mol. The summed E-state index contributed by atoms with van der Waals surface area (Å²) in [4.78, 5) is 10.6. The van der Waals surface area contributed by atoms with Crippen LogP contribution in [0, 0.1) is 0 Å². The van der Waals surface area contributed by atoms with E-state index in [1.165, 1.54) is 5.56 Å². The van der Waals surface area contributed by atoms with Crippen LogP contribution < -0.4 is 0 Å². The van der Waals surface area contributed by atoms with Gasteiger partial charge in [-0.2, -0.15) is 5.10 Å². The highest BCUT2D eigenvalue weighted by molar-refractivity contribution is 5.08. The topological polar surface area (TPSA) is 65.3 Å². The largest absolute Gasteiger partial charge is 0.377 e. The second kappa shape index (κ2) is 6.96. The monoisotopic (exact) mass is 329 g/mol. The number of hydrogen-bond acceptors (Lipinski definition) is 6. The van der Waals surface area contributed by atoms with E-state index in [1.54, 1.807) is 12.7 Å². The molecule has 0 saturated carbocycles. The Kier molecular flexibility index (Phi) is 4.55. The standard InChI is InChI=1S/C17H23N5O2/c1-2-15(8-18-5-1)9-21-6-7-23-12-17(11-21)4-3-16(24-17)10-22-14-19-13-20-22/h1-2,5,8,13-14,16H,3-4,6-7,9-12H2/t16-,17-/m1/s1. The van der Waals surface area contributed by atoms with E-state index in [0.717, 1.165) is 45.6 Å². The second-order valence-corrected chi connectivity index (χ2v) is 6.70. The predicted molar refractivity (Wildman–Crippen MR) is 87.2 cm³/mol. The summed E-state index contributed by atoms with van der Waals surface area (Å²) >= 11 is 0. The van der Waals surface area contributed by atoms with E-state index >= 15 is 0 Å². The first kappa shape index (κ1) is 15.7. The van der Waals surface area contributed by atoms with E-state index < -0.39 is 0 Å². The zero-order valence-electron chi connectivity index (χ0n) is 13.8. The van der Waals surface area contributed by atoms with Gasteiger partial charge in [-0.3, -0.25) is 14.6 Å². The number of rotatable bonds is 4. The van der Waals surface area contributed by atoms with Crippen LogP contribution in [-0.4, -0.2) is 62.7 Å². The summed E-state index contributed by atoms with van der Waals surface area (Å²) in [7, 11) is 0. The molecule has 0 radical (unpaired) electrons. The van der Waals surface area contributed by atoms with Crippen LogP contribution in [0.15, 0.2) is 37.2 Å². The van der Waals surface area contributed by atoms with Crippen LogP contribution in [-0.2, 0) is 22.6 Å². The second-order valence-electron chi connectivity index (χ2n) is 6.70. The minimum absolute atomic E-state index is 0.175. The lowest BCUT2D eigenvalue weighted by atomic mass is 10.00. The fourth-order valence-corrected chi connectivity index (χ4v) is 3.65. The molecular weight excluding hydrogens is 306 g/mol. The molecule has 4 heterocycles. The molecule has 128 valence electrons. The number of aromatic nitrogens is 4. The van der Waals surface area contributed by atoms with E-state index in [0.29, 0.717) is 6.61 Å². The van der Waals surface area contributed by atoms with Gasteiger partial charge in [0.25, 0.3) is 0 Å². The Morgan fingerprint density at radius 1 is 1.33 bits per heavy atom. The first-order chi connectivity index (χ1) is 11.8. The SMILES string of the molecule is c1cncc(CN2CCOC[C@@]3(CC[C@H](Cn4cncn4)O3)C2)c1. The Bertz CT molecular complexity index is 636.